The number of hydrogen-bond donors (Lipinski definition) is 0. The highest BCUT2D eigenvalue weighted by molar-refractivity contribution is 7.99. The second kappa shape index (κ2) is 9.86. The van der Waals surface area contributed by atoms with Gasteiger partial charge in [-0.1, -0.05) is 67.2 Å². The number of thioether (sulfide) groups is 1. The highest BCUT2D eigenvalue weighted by atomic mass is 32.2. The summed E-state index contributed by atoms with van der Waals surface area (Å²) in [6, 6.07) is 16.1. The van der Waals surface area contributed by atoms with Crippen LogP contribution in [0.4, 0.5) is 0 Å². The van der Waals surface area contributed by atoms with E-state index in [0.717, 1.165) is 5.56 Å². The van der Waals surface area contributed by atoms with E-state index in [4.69, 9.17) is 8.94 Å². The molecule has 0 fully saturated rings. The maximum Gasteiger partial charge on any atom is 0.277 e. The van der Waals surface area contributed by atoms with Crippen LogP contribution in [0.2, 0.25) is 0 Å². The van der Waals surface area contributed by atoms with Crippen molar-refractivity contribution >= 4 is 21.8 Å². The molecule has 0 aliphatic heterocycles. The normalized spacial score (nSPS) is 12.8. The van der Waals surface area contributed by atoms with Crippen LogP contribution in [0.1, 0.15) is 31.9 Å². The number of rotatable bonds is 9. The largest absolute Gasteiger partial charge is 0.411 e. The van der Waals surface area contributed by atoms with Gasteiger partial charge in [0.1, 0.15) is 0 Å². The summed E-state index contributed by atoms with van der Waals surface area (Å²) in [5.41, 5.74) is 1.39. The molecule has 172 valence electrons. The molecule has 0 bridgehead atoms. The maximum absolute atomic E-state index is 12.8. The van der Waals surface area contributed by atoms with Gasteiger partial charge in [-0.15, -0.1) is 10.2 Å². The summed E-state index contributed by atoms with van der Waals surface area (Å²) < 4.78 is 38.2. The van der Waals surface area contributed by atoms with E-state index >= 15 is 0 Å². The highest BCUT2D eigenvalue weighted by Crippen LogP contribution is 2.35. The van der Waals surface area contributed by atoms with Crippen molar-refractivity contribution in [1.29, 1.82) is 0 Å². The van der Waals surface area contributed by atoms with Gasteiger partial charge in [0.2, 0.25) is 27.6 Å². The molecule has 2 aromatic heterocycles. The molecule has 0 amide bonds. The van der Waals surface area contributed by atoms with Crippen molar-refractivity contribution in [3.8, 4) is 22.8 Å². The average Bonchev–Trinajstić information content (AvgIpc) is 3.51. The first-order valence-corrected chi connectivity index (χ1v) is 12.7. The summed E-state index contributed by atoms with van der Waals surface area (Å²) in [5.74, 6) is 1.18. The second-order valence-corrected chi connectivity index (χ2v) is 10.3. The van der Waals surface area contributed by atoms with E-state index in [9.17, 15) is 8.42 Å². The van der Waals surface area contributed by atoms with Gasteiger partial charge in [0.25, 0.3) is 5.22 Å². The van der Waals surface area contributed by atoms with Gasteiger partial charge in [-0.2, -0.15) is 9.29 Å². The minimum Gasteiger partial charge on any atom is -0.411 e. The summed E-state index contributed by atoms with van der Waals surface area (Å²) in [6.45, 7) is 6.29. The predicted molar refractivity (Wildman–Crippen MR) is 124 cm³/mol. The zero-order valence-corrected chi connectivity index (χ0v) is 20.0. The minimum atomic E-state index is -3.59. The van der Waals surface area contributed by atoms with Gasteiger partial charge >= 0.3 is 0 Å². The SMILES string of the molecule is CCN(CC)S(=O)(=O)c1cccc(-c2nnc(SC(C)c3nc(-c4ccccc4)no3)o2)c1. The van der Waals surface area contributed by atoms with E-state index in [1.54, 1.807) is 38.1 Å². The molecule has 0 aliphatic rings. The monoisotopic (exact) mass is 485 g/mol. The number of hydrogen-bond acceptors (Lipinski definition) is 9. The average molecular weight is 486 g/mol. The van der Waals surface area contributed by atoms with Gasteiger partial charge in [0, 0.05) is 24.2 Å². The Balaban J connectivity index is 1.50. The summed E-state index contributed by atoms with van der Waals surface area (Å²) in [7, 11) is -3.59. The molecule has 0 saturated heterocycles. The Kier molecular flexibility index (Phi) is 6.91. The molecule has 0 aliphatic carbocycles. The van der Waals surface area contributed by atoms with E-state index in [0.29, 0.717) is 35.6 Å². The van der Waals surface area contributed by atoms with Crippen LogP contribution >= 0.6 is 11.8 Å². The summed E-state index contributed by atoms with van der Waals surface area (Å²) >= 11 is 1.28. The van der Waals surface area contributed by atoms with E-state index < -0.39 is 10.0 Å². The van der Waals surface area contributed by atoms with E-state index in [2.05, 4.69) is 20.3 Å². The number of aromatic nitrogens is 4. The molecule has 0 radical (unpaired) electrons. The second-order valence-electron chi connectivity index (χ2n) is 7.07. The van der Waals surface area contributed by atoms with Crippen molar-refractivity contribution < 1.29 is 17.4 Å². The maximum atomic E-state index is 12.8. The highest BCUT2D eigenvalue weighted by Gasteiger charge is 2.23. The van der Waals surface area contributed by atoms with Crippen molar-refractivity contribution in [2.45, 2.75) is 36.1 Å². The van der Waals surface area contributed by atoms with E-state index in [-0.39, 0.29) is 16.0 Å². The molecule has 33 heavy (non-hydrogen) atoms. The zero-order chi connectivity index (χ0) is 23.4. The van der Waals surface area contributed by atoms with Crippen LogP contribution < -0.4 is 0 Å². The molecule has 11 heteroatoms. The van der Waals surface area contributed by atoms with Gasteiger partial charge in [0.05, 0.1) is 10.1 Å². The summed E-state index contributed by atoms with van der Waals surface area (Å²) in [6.07, 6.45) is 0. The lowest BCUT2D eigenvalue weighted by molar-refractivity contribution is 0.379. The lowest BCUT2D eigenvalue weighted by Crippen LogP contribution is -2.30. The molecule has 2 aromatic carbocycles. The third-order valence-corrected chi connectivity index (χ3v) is 7.90. The third kappa shape index (κ3) is 5.00. The van der Waals surface area contributed by atoms with E-state index in [1.165, 1.54) is 16.1 Å². The minimum absolute atomic E-state index is 0.184. The quantitative estimate of drug-likeness (QED) is 0.312. The topological polar surface area (TPSA) is 115 Å². The van der Waals surface area contributed by atoms with Gasteiger partial charge in [-0.05, 0) is 25.1 Å². The van der Waals surface area contributed by atoms with Crippen molar-refractivity contribution in [3.63, 3.8) is 0 Å². The fourth-order valence-corrected chi connectivity index (χ4v) is 5.40. The molecule has 0 N–H and O–H groups in total. The smallest absolute Gasteiger partial charge is 0.277 e. The molecule has 0 saturated carbocycles. The Morgan fingerprint density at radius 3 is 2.45 bits per heavy atom. The van der Waals surface area contributed by atoms with Crippen LogP contribution in [0.25, 0.3) is 22.8 Å². The molecule has 1 atom stereocenters. The van der Waals surface area contributed by atoms with Crippen LogP contribution in [0.15, 0.2) is 73.7 Å². The number of sulfonamides is 1. The zero-order valence-electron chi connectivity index (χ0n) is 18.4. The van der Waals surface area contributed by atoms with Crippen LogP contribution in [-0.4, -0.2) is 46.2 Å². The molecule has 4 rings (SSSR count). The molecular formula is C22H23N5O4S2. The first-order chi connectivity index (χ1) is 15.9. The van der Waals surface area contributed by atoms with Gasteiger partial charge < -0.3 is 8.94 Å². The lowest BCUT2D eigenvalue weighted by atomic mass is 10.2. The van der Waals surface area contributed by atoms with Crippen molar-refractivity contribution in [2.75, 3.05) is 13.1 Å². The number of nitrogens with zero attached hydrogens (tertiary/aromatic N) is 5. The standard InChI is InChI=1S/C22H23N5O4S2/c1-4-27(5-2)33(28,29)18-13-9-12-17(14-18)21-24-25-22(30-21)32-15(3)20-23-19(26-31-20)16-10-7-6-8-11-16/h6-15H,4-5H2,1-3H3. The first kappa shape index (κ1) is 23.1. The lowest BCUT2D eigenvalue weighted by Gasteiger charge is -2.18. The predicted octanol–water partition coefficient (Wildman–Crippen LogP) is 4.67. The Bertz CT molecular complexity index is 1320. The van der Waals surface area contributed by atoms with Crippen LogP contribution in [-0.2, 0) is 10.0 Å². The Labute approximate surface area is 196 Å². The van der Waals surface area contributed by atoms with Gasteiger partial charge in [-0.3, -0.25) is 0 Å². The Hall–Kier alpha value is -3.02. The summed E-state index contributed by atoms with van der Waals surface area (Å²) in [5, 5.41) is 12.3. The molecular weight excluding hydrogens is 462 g/mol. The fraction of sp³-hybridized carbons (Fsp3) is 0.273. The number of benzene rings is 2. The fourth-order valence-electron chi connectivity index (χ4n) is 3.18. The van der Waals surface area contributed by atoms with Crippen molar-refractivity contribution in [3.05, 3.63) is 60.5 Å². The Morgan fingerprint density at radius 2 is 1.73 bits per heavy atom. The van der Waals surface area contributed by atoms with Crippen molar-refractivity contribution in [1.82, 2.24) is 24.6 Å². The van der Waals surface area contributed by atoms with Crippen molar-refractivity contribution in [2.24, 2.45) is 0 Å². The van der Waals surface area contributed by atoms with Gasteiger partial charge in [0.15, 0.2) is 0 Å². The third-order valence-electron chi connectivity index (χ3n) is 4.93. The Morgan fingerprint density at radius 1 is 1.00 bits per heavy atom. The molecule has 0 spiro atoms. The molecule has 9 nitrogen and oxygen atoms in total. The summed E-state index contributed by atoms with van der Waals surface area (Å²) in [4.78, 5) is 4.64. The first-order valence-electron chi connectivity index (χ1n) is 10.4. The molecule has 1 unspecified atom stereocenters. The van der Waals surface area contributed by atoms with Crippen LogP contribution in [0, 0.1) is 0 Å². The van der Waals surface area contributed by atoms with Crippen LogP contribution in [0.5, 0.6) is 0 Å². The molecule has 2 heterocycles. The van der Waals surface area contributed by atoms with E-state index in [1.807, 2.05) is 37.3 Å². The van der Waals surface area contributed by atoms with Crippen LogP contribution in [0.3, 0.4) is 0 Å². The van der Waals surface area contributed by atoms with Gasteiger partial charge in [-0.25, -0.2) is 8.42 Å². The molecule has 4 aromatic rings.